The Labute approximate surface area is 213 Å². The maximum Gasteiger partial charge on any atom is 0.243 e. The average Bonchev–Trinajstić information content (AvgIpc) is 3.21. The molecular weight excluding hydrogens is 509 g/mol. The quantitative estimate of drug-likeness (QED) is 0.241. The van der Waals surface area contributed by atoms with Crippen LogP contribution in [0.1, 0.15) is 19.4 Å². The summed E-state index contributed by atoms with van der Waals surface area (Å²) in [7, 11) is -2.07. The van der Waals surface area contributed by atoms with Gasteiger partial charge in [-0.2, -0.15) is 4.31 Å². The van der Waals surface area contributed by atoms with Gasteiger partial charge in [0.25, 0.3) is 0 Å². The molecule has 0 amide bonds. The molecule has 0 fully saturated rings. The number of sulfonamides is 1. The van der Waals surface area contributed by atoms with Crippen LogP contribution in [0.15, 0.2) is 70.7 Å². The number of thioether (sulfide) groups is 1. The first-order valence-electron chi connectivity index (χ1n) is 11.0. The molecule has 4 aromatic rings. The van der Waals surface area contributed by atoms with E-state index < -0.39 is 15.8 Å². The Kier molecular flexibility index (Phi) is 7.70. The smallest absolute Gasteiger partial charge is 0.243 e. The van der Waals surface area contributed by atoms with Crippen molar-refractivity contribution < 1.29 is 17.5 Å². The molecule has 0 saturated heterocycles. The molecule has 0 aliphatic rings. The van der Waals surface area contributed by atoms with Crippen LogP contribution in [-0.4, -0.2) is 42.5 Å². The Balaban J connectivity index is 1.87. The third-order valence-corrected chi connectivity index (χ3v) is 9.04. The summed E-state index contributed by atoms with van der Waals surface area (Å²) >= 11 is 7.54. The minimum absolute atomic E-state index is 0.173. The fourth-order valence-electron chi connectivity index (χ4n) is 3.86. The first kappa shape index (κ1) is 25.5. The number of benzene rings is 3. The van der Waals surface area contributed by atoms with E-state index in [-0.39, 0.29) is 10.6 Å². The SMILES string of the molecule is CCN(CC)S(=O)(=O)c1ccc2c(c1)nc(SCc1c(F)cccc1Cl)n2-c1ccccc1OC. The molecule has 6 nitrogen and oxygen atoms in total. The zero-order valence-corrected chi connectivity index (χ0v) is 21.9. The lowest BCUT2D eigenvalue weighted by atomic mass is 10.2. The minimum atomic E-state index is -3.65. The summed E-state index contributed by atoms with van der Waals surface area (Å²) in [6.07, 6.45) is 0. The van der Waals surface area contributed by atoms with Crippen molar-refractivity contribution in [3.63, 3.8) is 0 Å². The van der Waals surface area contributed by atoms with E-state index in [1.165, 1.54) is 22.1 Å². The summed E-state index contributed by atoms with van der Waals surface area (Å²) < 4.78 is 49.5. The van der Waals surface area contributed by atoms with Gasteiger partial charge in [-0.3, -0.25) is 4.57 Å². The maximum absolute atomic E-state index is 14.4. The number of nitrogens with zero attached hydrogens (tertiary/aromatic N) is 3. The van der Waals surface area contributed by atoms with Crippen LogP contribution in [0.5, 0.6) is 5.75 Å². The number of ether oxygens (including phenoxy) is 1. The lowest BCUT2D eigenvalue weighted by Crippen LogP contribution is -2.30. The summed E-state index contributed by atoms with van der Waals surface area (Å²) in [5.74, 6) is 0.476. The Bertz CT molecular complexity index is 1450. The first-order valence-corrected chi connectivity index (χ1v) is 13.8. The first-order chi connectivity index (χ1) is 16.8. The number of hydrogen-bond donors (Lipinski definition) is 0. The average molecular weight is 534 g/mol. The largest absolute Gasteiger partial charge is 0.495 e. The van der Waals surface area contributed by atoms with Crippen LogP contribution in [0.25, 0.3) is 16.7 Å². The molecule has 0 atom stereocenters. The van der Waals surface area contributed by atoms with Crippen LogP contribution >= 0.6 is 23.4 Å². The number of para-hydroxylation sites is 2. The van der Waals surface area contributed by atoms with E-state index in [1.54, 1.807) is 51.3 Å². The summed E-state index contributed by atoms with van der Waals surface area (Å²) in [5.41, 5.74) is 2.32. The molecule has 10 heteroatoms. The Morgan fingerprint density at radius 2 is 1.83 bits per heavy atom. The van der Waals surface area contributed by atoms with Crippen molar-refractivity contribution in [1.29, 1.82) is 0 Å². The second-order valence-electron chi connectivity index (χ2n) is 7.63. The van der Waals surface area contributed by atoms with Gasteiger partial charge < -0.3 is 4.74 Å². The number of methoxy groups -OCH3 is 1. The highest BCUT2D eigenvalue weighted by Gasteiger charge is 2.24. The van der Waals surface area contributed by atoms with E-state index >= 15 is 0 Å². The molecule has 0 N–H and O–H groups in total. The number of imidazole rings is 1. The Morgan fingerprint density at radius 3 is 2.51 bits per heavy atom. The standard InChI is InChI=1S/C25H25ClFN3O3S2/c1-4-29(5-2)35(31,32)17-13-14-22-21(15-17)28-25(30(22)23-11-6-7-12-24(23)33-3)34-16-18-19(26)9-8-10-20(18)27/h6-15H,4-5,16H2,1-3H3. The van der Waals surface area contributed by atoms with E-state index in [4.69, 9.17) is 21.3 Å². The summed E-state index contributed by atoms with van der Waals surface area (Å²) in [5, 5.41) is 0.895. The fraction of sp³-hybridized carbons (Fsp3) is 0.240. The molecule has 0 saturated carbocycles. The Morgan fingerprint density at radius 1 is 1.09 bits per heavy atom. The number of hydrogen-bond acceptors (Lipinski definition) is 5. The predicted octanol–water partition coefficient (Wildman–Crippen LogP) is 6.15. The van der Waals surface area contributed by atoms with Crippen LogP contribution in [0.3, 0.4) is 0 Å². The second kappa shape index (κ2) is 10.6. The lowest BCUT2D eigenvalue weighted by molar-refractivity contribution is 0.412. The molecule has 0 radical (unpaired) electrons. The minimum Gasteiger partial charge on any atom is -0.495 e. The number of rotatable bonds is 9. The van der Waals surface area contributed by atoms with Crippen LogP contribution in [0.4, 0.5) is 4.39 Å². The molecule has 0 bridgehead atoms. The van der Waals surface area contributed by atoms with Gasteiger partial charge in [0.05, 0.1) is 28.7 Å². The highest BCUT2D eigenvalue weighted by molar-refractivity contribution is 7.98. The van der Waals surface area contributed by atoms with Gasteiger partial charge in [0.1, 0.15) is 11.6 Å². The van der Waals surface area contributed by atoms with Gasteiger partial charge in [-0.15, -0.1) is 0 Å². The molecule has 1 aromatic heterocycles. The predicted molar refractivity (Wildman–Crippen MR) is 139 cm³/mol. The number of aromatic nitrogens is 2. The molecule has 0 spiro atoms. The van der Waals surface area contributed by atoms with Gasteiger partial charge >= 0.3 is 0 Å². The molecule has 0 aliphatic heterocycles. The summed E-state index contributed by atoms with van der Waals surface area (Å²) in [6.45, 7) is 4.35. The zero-order valence-electron chi connectivity index (χ0n) is 19.5. The highest BCUT2D eigenvalue weighted by atomic mass is 35.5. The zero-order chi connectivity index (χ0) is 25.2. The monoisotopic (exact) mass is 533 g/mol. The van der Waals surface area contributed by atoms with Gasteiger partial charge in [0, 0.05) is 29.4 Å². The summed E-state index contributed by atoms with van der Waals surface area (Å²) in [4.78, 5) is 4.92. The Hall–Kier alpha value is -2.59. The molecule has 3 aromatic carbocycles. The number of halogens is 2. The topological polar surface area (TPSA) is 64.4 Å². The van der Waals surface area contributed by atoms with E-state index in [2.05, 4.69) is 0 Å². The van der Waals surface area contributed by atoms with Crippen molar-refractivity contribution in [3.05, 3.63) is 77.1 Å². The van der Waals surface area contributed by atoms with Crippen LogP contribution in [-0.2, 0) is 15.8 Å². The third-order valence-electron chi connectivity index (χ3n) is 5.67. The van der Waals surface area contributed by atoms with Gasteiger partial charge in [-0.25, -0.2) is 17.8 Å². The van der Waals surface area contributed by atoms with Crippen LogP contribution in [0, 0.1) is 5.82 Å². The van der Waals surface area contributed by atoms with Gasteiger partial charge in [-0.1, -0.05) is 55.4 Å². The van der Waals surface area contributed by atoms with E-state index in [9.17, 15) is 12.8 Å². The molecule has 0 aliphatic carbocycles. The molecule has 0 unspecified atom stereocenters. The second-order valence-corrected chi connectivity index (χ2v) is 10.9. The van der Waals surface area contributed by atoms with Crippen molar-refractivity contribution in [2.75, 3.05) is 20.2 Å². The van der Waals surface area contributed by atoms with Crippen molar-refractivity contribution in [1.82, 2.24) is 13.9 Å². The van der Waals surface area contributed by atoms with Crippen LogP contribution < -0.4 is 4.74 Å². The van der Waals surface area contributed by atoms with Crippen molar-refractivity contribution in [2.45, 2.75) is 29.7 Å². The van der Waals surface area contributed by atoms with Gasteiger partial charge in [0.2, 0.25) is 10.0 Å². The number of fused-ring (bicyclic) bond motifs is 1. The van der Waals surface area contributed by atoms with Crippen LogP contribution in [0.2, 0.25) is 5.02 Å². The maximum atomic E-state index is 14.4. The van der Waals surface area contributed by atoms with Gasteiger partial charge in [-0.05, 0) is 42.5 Å². The highest BCUT2D eigenvalue weighted by Crippen LogP contribution is 2.36. The fourth-order valence-corrected chi connectivity index (χ4v) is 6.71. The normalized spacial score (nSPS) is 11.9. The van der Waals surface area contributed by atoms with Gasteiger partial charge in [0.15, 0.2) is 5.16 Å². The molecule has 4 rings (SSSR count). The summed E-state index contributed by atoms with van der Waals surface area (Å²) in [6, 6.07) is 17.0. The molecular formula is C25H25ClFN3O3S2. The van der Waals surface area contributed by atoms with E-state index in [0.29, 0.717) is 45.6 Å². The van der Waals surface area contributed by atoms with Crippen molar-refractivity contribution in [3.8, 4) is 11.4 Å². The third kappa shape index (κ3) is 4.91. The van der Waals surface area contributed by atoms with E-state index in [1.807, 2.05) is 28.8 Å². The van der Waals surface area contributed by atoms with Crippen molar-refractivity contribution >= 4 is 44.4 Å². The lowest BCUT2D eigenvalue weighted by Gasteiger charge is -2.18. The molecule has 1 heterocycles. The van der Waals surface area contributed by atoms with Crippen molar-refractivity contribution in [2.24, 2.45) is 0 Å². The van der Waals surface area contributed by atoms with E-state index in [0.717, 1.165) is 5.69 Å². The molecule has 184 valence electrons. The molecule has 35 heavy (non-hydrogen) atoms.